The maximum Gasteiger partial charge on any atom is 0.310 e. The lowest BCUT2D eigenvalue weighted by molar-refractivity contribution is -0.147. The predicted molar refractivity (Wildman–Crippen MR) is 144 cm³/mol. The third kappa shape index (κ3) is 5.98. The lowest BCUT2D eigenvalue weighted by atomic mass is 10.1. The summed E-state index contributed by atoms with van der Waals surface area (Å²) in [4.78, 5) is 38.4. The number of fused-ring (bicyclic) bond motifs is 1. The SMILES string of the molecule is COc1ccc(CNC(=O)COC(=O)Cc2c(C)n(C(=O)c3ccc(Cl)cc3)c3ccc(OC)cc23)cc1. The number of nitrogens with one attached hydrogen (secondary N) is 1. The number of nitrogens with zero attached hydrogens (tertiary/aromatic N) is 1. The number of halogens is 1. The van der Waals surface area contributed by atoms with Crippen LogP contribution in [0.15, 0.2) is 66.7 Å². The van der Waals surface area contributed by atoms with Crippen LogP contribution in [0, 0.1) is 6.92 Å². The first-order valence-corrected chi connectivity index (χ1v) is 12.2. The van der Waals surface area contributed by atoms with Gasteiger partial charge in [0.1, 0.15) is 11.5 Å². The van der Waals surface area contributed by atoms with Crippen molar-refractivity contribution in [3.8, 4) is 11.5 Å². The molecule has 0 aliphatic carbocycles. The van der Waals surface area contributed by atoms with Crippen molar-refractivity contribution in [2.24, 2.45) is 0 Å². The van der Waals surface area contributed by atoms with E-state index in [1.165, 1.54) is 0 Å². The highest BCUT2D eigenvalue weighted by atomic mass is 35.5. The summed E-state index contributed by atoms with van der Waals surface area (Å²) in [5.41, 5.74) is 3.17. The zero-order valence-corrected chi connectivity index (χ0v) is 22.0. The van der Waals surface area contributed by atoms with Crippen LogP contribution in [0.4, 0.5) is 0 Å². The second-order valence-electron chi connectivity index (χ2n) is 8.56. The van der Waals surface area contributed by atoms with Crippen LogP contribution in [0.25, 0.3) is 10.9 Å². The summed E-state index contributed by atoms with van der Waals surface area (Å²) in [7, 11) is 3.13. The quantitative estimate of drug-likeness (QED) is 0.312. The van der Waals surface area contributed by atoms with Gasteiger partial charge in [0.2, 0.25) is 0 Å². The van der Waals surface area contributed by atoms with Crippen molar-refractivity contribution in [2.75, 3.05) is 20.8 Å². The average Bonchev–Trinajstić information content (AvgIpc) is 3.20. The van der Waals surface area contributed by atoms with E-state index in [0.29, 0.717) is 45.0 Å². The maximum atomic E-state index is 13.4. The van der Waals surface area contributed by atoms with E-state index in [1.54, 1.807) is 80.3 Å². The van der Waals surface area contributed by atoms with Crippen LogP contribution in [-0.2, 0) is 27.3 Å². The lowest BCUT2D eigenvalue weighted by Gasteiger charge is -2.09. The van der Waals surface area contributed by atoms with Gasteiger partial charge in [-0.25, -0.2) is 0 Å². The number of esters is 1. The molecule has 3 aromatic carbocycles. The van der Waals surface area contributed by atoms with Gasteiger partial charge in [-0.15, -0.1) is 0 Å². The second-order valence-corrected chi connectivity index (χ2v) is 8.99. The highest BCUT2D eigenvalue weighted by molar-refractivity contribution is 6.30. The zero-order valence-electron chi connectivity index (χ0n) is 21.2. The van der Waals surface area contributed by atoms with E-state index in [2.05, 4.69) is 5.32 Å². The number of hydrogen-bond acceptors (Lipinski definition) is 6. The molecule has 8 nitrogen and oxygen atoms in total. The standard InChI is InChI=1S/C29H27ClN2O6/c1-18-24(15-28(34)38-17-27(33)31-16-19-4-10-22(36-2)11-5-19)25-14-23(37-3)12-13-26(25)32(18)29(35)20-6-8-21(30)9-7-20/h4-14H,15-17H2,1-3H3,(H,31,33). The number of benzene rings is 3. The third-order valence-corrected chi connectivity index (χ3v) is 6.42. The average molecular weight is 535 g/mol. The molecule has 4 rings (SSSR count). The molecular formula is C29H27ClN2O6. The zero-order chi connectivity index (χ0) is 27.2. The van der Waals surface area contributed by atoms with Crippen molar-refractivity contribution in [1.82, 2.24) is 9.88 Å². The van der Waals surface area contributed by atoms with Crippen molar-refractivity contribution < 1.29 is 28.6 Å². The van der Waals surface area contributed by atoms with Crippen LogP contribution in [0.1, 0.15) is 27.2 Å². The first kappa shape index (κ1) is 26.8. The Balaban J connectivity index is 1.48. The number of ether oxygens (including phenoxy) is 3. The van der Waals surface area contributed by atoms with Gasteiger partial charge in [-0.3, -0.25) is 19.0 Å². The van der Waals surface area contributed by atoms with Crippen LogP contribution in [-0.4, -0.2) is 43.2 Å². The van der Waals surface area contributed by atoms with E-state index in [-0.39, 0.29) is 12.3 Å². The second kappa shape index (κ2) is 11.8. The number of hydrogen-bond donors (Lipinski definition) is 1. The largest absolute Gasteiger partial charge is 0.497 e. The third-order valence-electron chi connectivity index (χ3n) is 6.17. The molecule has 1 heterocycles. The minimum Gasteiger partial charge on any atom is -0.497 e. The number of methoxy groups -OCH3 is 2. The van der Waals surface area contributed by atoms with Gasteiger partial charge in [0, 0.05) is 28.2 Å². The molecular weight excluding hydrogens is 508 g/mol. The van der Waals surface area contributed by atoms with Gasteiger partial charge in [0.15, 0.2) is 6.61 Å². The van der Waals surface area contributed by atoms with Crippen LogP contribution < -0.4 is 14.8 Å². The molecule has 0 saturated heterocycles. The Morgan fingerprint density at radius 1 is 0.895 bits per heavy atom. The van der Waals surface area contributed by atoms with Gasteiger partial charge < -0.3 is 19.5 Å². The Bertz CT molecular complexity index is 1480. The number of carbonyl (C=O) groups is 3. The molecule has 0 aliphatic rings. The molecule has 1 aromatic heterocycles. The number of aromatic nitrogens is 1. The number of carbonyl (C=O) groups excluding carboxylic acids is 3. The summed E-state index contributed by atoms with van der Waals surface area (Å²) < 4.78 is 17.3. The summed E-state index contributed by atoms with van der Waals surface area (Å²) in [5, 5.41) is 3.93. The van der Waals surface area contributed by atoms with Crippen molar-refractivity contribution in [2.45, 2.75) is 19.9 Å². The van der Waals surface area contributed by atoms with E-state index >= 15 is 0 Å². The molecule has 0 saturated carbocycles. The number of rotatable bonds is 9. The molecule has 9 heteroatoms. The van der Waals surface area contributed by atoms with E-state index in [1.807, 2.05) is 12.1 Å². The van der Waals surface area contributed by atoms with Crippen LogP contribution in [0.5, 0.6) is 11.5 Å². The molecule has 1 N–H and O–H groups in total. The van der Waals surface area contributed by atoms with Crippen LogP contribution in [0.2, 0.25) is 5.02 Å². The predicted octanol–water partition coefficient (Wildman–Crippen LogP) is 4.71. The number of amides is 1. The lowest BCUT2D eigenvalue weighted by Crippen LogP contribution is -2.28. The molecule has 4 aromatic rings. The molecule has 1 amide bonds. The summed E-state index contributed by atoms with van der Waals surface area (Å²) >= 11 is 5.98. The molecule has 0 fully saturated rings. The Morgan fingerprint density at radius 2 is 1.55 bits per heavy atom. The molecule has 38 heavy (non-hydrogen) atoms. The van der Waals surface area contributed by atoms with Gasteiger partial charge in [-0.2, -0.15) is 0 Å². The normalized spacial score (nSPS) is 10.7. The topological polar surface area (TPSA) is 95.9 Å². The first-order valence-electron chi connectivity index (χ1n) is 11.8. The van der Waals surface area contributed by atoms with Crippen molar-refractivity contribution >= 4 is 40.3 Å². The fraction of sp³-hybridized carbons (Fsp3) is 0.207. The van der Waals surface area contributed by atoms with E-state index in [0.717, 1.165) is 11.3 Å². The van der Waals surface area contributed by atoms with E-state index < -0.39 is 18.5 Å². The Morgan fingerprint density at radius 3 is 2.21 bits per heavy atom. The van der Waals surface area contributed by atoms with E-state index in [4.69, 9.17) is 25.8 Å². The Labute approximate surface area is 225 Å². The van der Waals surface area contributed by atoms with Gasteiger partial charge in [0.25, 0.3) is 11.8 Å². The molecule has 0 aliphatic heterocycles. The van der Waals surface area contributed by atoms with Crippen LogP contribution >= 0.6 is 11.6 Å². The summed E-state index contributed by atoms with van der Waals surface area (Å²) in [6.45, 7) is 1.64. The highest BCUT2D eigenvalue weighted by Gasteiger charge is 2.23. The molecule has 0 atom stereocenters. The van der Waals surface area contributed by atoms with Crippen LogP contribution in [0.3, 0.4) is 0 Å². The first-order chi connectivity index (χ1) is 18.3. The molecule has 0 radical (unpaired) electrons. The molecule has 0 bridgehead atoms. The Hall–Kier alpha value is -4.30. The fourth-order valence-electron chi connectivity index (χ4n) is 4.13. The van der Waals surface area contributed by atoms with Crippen molar-refractivity contribution in [3.05, 3.63) is 94.1 Å². The maximum absolute atomic E-state index is 13.4. The fourth-order valence-corrected chi connectivity index (χ4v) is 4.26. The van der Waals surface area contributed by atoms with Gasteiger partial charge in [-0.1, -0.05) is 23.7 Å². The highest BCUT2D eigenvalue weighted by Crippen LogP contribution is 2.31. The molecule has 0 spiro atoms. The molecule has 196 valence electrons. The monoisotopic (exact) mass is 534 g/mol. The minimum atomic E-state index is -0.589. The Kier molecular flexibility index (Phi) is 8.33. The van der Waals surface area contributed by atoms with Gasteiger partial charge in [0.05, 0.1) is 26.2 Å². The summed E-state index contributed by atoms with van der Waals surface area (Å²) in [6.07, 6.45) is -0.123. The van der Waals surface area contributed by atoms with E-state index in [9.17, 15) is 14.4 Å². The summed E-state index contributed by atoms with van der Waals surface area (Å²) in [6, 6.07) is 19.2. The van der Waals surface area contributed by atoms with Crippen molar-refractivity contribution in [1.29, 1.82) is 0 Å². The van der Waals surface area contributed by atoms with Gasteiger partial charge >= 0.3 is 5.97 Å². The smallest absolute Gasteiger partial charge is 0.310 e. The minimum absolute atomic E-state index is 0.123. The summed E-state index contributed by atoms with van der Waals surface area (Å²) in [5.74, 6) is 0.0348. The van der Waals surface area contributed by atoms with Gasteiger partial charge in [-0.05, 0) is 72.6 Å². The van der Waals surface area contributed by atoms with Crippen molar-refractivity contribution in [3.63, 3.8) is 0 Å². The molecule has 0 unspecified atom stereocenters.